The number of nitrogens with one attached hydrogen (secondary N) is 1. The maximum absolute atomic E-state index is 14.2. The molecule has 0 saturated heterocycles. The van der Waals surface area contributed by atoms with Gasteiger partial charge in [0.2, 0.25) is 5.91 Å². The van der Waals surface area contributed by atoms with Crippen molar-refractivity contribution >= 4 is 23.2 Å². The molecule has 2 aromatic carbocycles. The lowest BCUT2D eigenvalue weighted by Gasteiger charge is -2.32. The second-order valence-corrected chi connectivity index (χ2v) is 5.12. The molecule has 0 aliphatic heterocycles. The van der Waals surface area contributed by atoms with Gasteiger partial charge in [0, 0.05) is 5.56 Å². The molecule has 0 aliphatic carbocycles. The molecule has 3 nitrogen and oxygen atoms in total. The number of primary amides is 1. The van der Waals surface area contributed by atoms with Crippen molar-refractivity contribution in [1.29, 1.82) is 0 Å². The third-order valence-corrected chi connectivity index (χ3v) is 3.84. The molecule has 5 heteroatoms. The first-order valence-electron chi connectivity index (χ1n) is 6.59. The molecule has 0 aromatic heterocycles. The molecule has 0 saturated carbocycles. The quantitative estimate of drug-likeness (QED) is 0.885. The standard InChI is InChI=1S/C16H16ClFN2O/c1-2-16(15(19)21,11-7-3-5-9-13(11)18)20-14-10-6-4-8-12(14)17/h3-10,20H,2H2,1H3,(H2,19,21). The van der Waals surface area contributed by atoms with Crippen LogP contribution in [0.5, 0.6) is 0 Å². The average Bonchev–Trinajstić information content (AvgIpc) is 2.47. The Kier molecular flexibility index (Phi) is 4.48. The minimum atomic E-state index is -1.35. The number of amides is 1. The highest BCUT2D eigenvalue weighted by Gasteiger charge is 2.39. The predicted molar refractivity (Wildman–Crippen MR) is 82.6 cm³/mol. The van der Waals surface area contributed by atoms with Crippen molar-refractivity contribution in [2.75, 3.05) is 5.32 Å². The highest BCUT2D eigenvalue weighted by atomic mass is 35.5. The van der Waals surface area contributed by atoms with E-state index >= 15 is 0 Å². The molecular weight excluding hydrogens is 291 g/mol. The van der Waals surface area contributed by atoms with Gasteiger partial charge >= 0.3 is 0 Å². The summed E-state index contributed by atoms with van der Waals surface area (Å²) in [5.74, 6) is -1.15. The van der Waals surface area contributed by atoms with E-state index in [2.05, 4.69) is 5.32 Å². The molecule has 2 aromatic rings. The summed E-state index contributed by atoms with van der Waals surface area (Å²) in [4.78, 5) is 12.1. The van der Waals surface area contributed by atoms with Crippen molar-refractivity contribution in [2.45, 2.75) is 18.9 Å². The van der Waals surface area contributed by atoms with Crippen LogP contribution in [-0.4, -0.2) is 5.91 Å². The van der Waals surface area contributed by atoms with E-state index in [9.17, 15) is 9.18 Å². The van der Waals surface area contributed by atoms with Gasteiger partial charge < -0.3 is 11.1 Å². The summed E-state index contributed by atoms with van der Waals surface area (Å²) in [6.45, 7) is 1.76. The SMILES string of the molecule is CCC(Nc1ccccc1Cl)(C(N)=O)c1ccccc1F. The number of rotatable bonds is 5. The van der Waals surface area contributed by atoms with Crippen LogP contribution < -0.4 is 11.1 Å². The molecule has 1 atom stereocenters. The van der Waals surface area contributed by atoms with Gasteiger partial charge in [0.1, 0.15) is 11.4 Å². The Bertz CT molecular complexity index is 662. The van der Waals surface area contributed by atoms with Gasteiger partial charge in [0.15, 0.2) is 0 Å². The van der Waals surface area contributed by atoms with Crippen LogP contribution in [0.4, 0.5) is 10.1 Å². The summed E-state index contributed by atoms with van der Waals surface area (Å²) < 4.78 is 14.2. The van der Waals surface area contributed by atoms with Crippen molar-refractivity contribution in [3.05, 3.63) is 64.9 Å². The normalized spacial score (nSPS) is 13.5. The topological polar surface area (TPSA) is 55.1 Å². The van der Waals surface area contributed by atoms with E-state index in [0.717, 1.165) is 0 Å². The highest BCUT2D eigenvalue weighted by Crippen LogP contribution is 2.34. The Labute approximate surface area is 127 Å². The second kappa shape index (κ2) is 6.14. The zero-order valence-corrected chi connectivity index (χ0v) is 12.3. The third kappa shape index (κ3) is 2.85. The fourth-order valence-electron chi connectivity index (χ4n) is 2.31. The summed E-state index contributed by atoms with van der Waals surface area (Å²) >= 11 is 6.11. The summed E-state index contributed by atoms with van der Waals surface area (Å²) in [5, 5.41) is 3.46. The first-order chi connectivity index (χ1) is 10.0. The summed E-state index contributed by atoms with van der Waals surface area (Å²) in [7, 11) is 0. The summed E-state index contributed by atoms with van der Waals surface area (Å²) in [6.07, 6.45) is 0.286. The monoisotopic (exact) mass is 306 g/mol. The zero-order valence-electron chi connectivity index (χ0n) is 11.6. The zero-order chi connectivity index (χ0) is 15.5. The lowest BCUT2D eigenvalue weighted by molar-refractivity contribution is -0.122. The van der Waals surface area contributed by atoms with Crippen molar-refractivity contribution < 1.29 is 9.18 Å². The molecule has 0 bridgehead atoms. The van der Waals surface area contributed by atoms with Gasteiger partial charge in [0.05, 0.1) is 10.7 Å². The number of carbonyl (C=O) groups is 1. The number of benzene rings is 2. The van der Waals surface area contributed by atoms with E-state index in [1.807, 2.05) is 0 Å². The van der Waals surface area contributed by atoms with Gasteiger partial charge in [-0.1, -0.05) is 48.9 Å². The molecule has 1 unspecified atom stereocenters. The maximum Gasteiger partial charge on any atom is 0.247 e. The Morgan fingerprint density at radius 3 is 2.43 bits per heavy atom. The van der Waals surface area contributed by atoms with Crippen molar-refractivity contribution in [3.63, 3.8) is 0 Å². The number of hydrogen-bond acceptors (Lipinski definition) is 2. The van der Waals surface area contributed by atoms with Crippen LogP contribution in [0.2, 0.25) is 5.02 Å². The number of hydrogen-bond donors (Lipinski definition) is 2. The third-order valence-electron chi connectivity index (χ3n) is 3.51. The van der Waals surface area contributed by atoms with Crippen molar-refractivity contribution in [2.24, 2.45) is 5.73 Å². The number of para-hydroxylation sites is 1. The van der Waals surface area contributed by atoms with Crippen LogP contribution in [0.3, 0.4) is 0 Å². The molecule has 3 N–H and O–H groups in total. The Morgan fingerprint density at radius 2 is 1.86 bits per heavy atom. The summed E-state index contributed by atoms with van der Waals surface area (Å²) in [6, 6.07) is 13.0. The fourth-order valence-corrected chi connectivity index (χ4v) is 2.50. The number of carbonyl (C=O) groups excluding carboxylic acids is 1. The maximum atomic E-state index is 14.2. The first-order valence-corrected chi connectivity index (χ1v) is 6.96. The van der Waals surface area contributed by atoms with Crippen LogP contribution in [0, 0.1) is 5.82 Å². The van der Waals surface area contributed by atoms with Crippen LogP contribution in [-0.2, 0) is 10.3 Å². The molecule has 0 heterocycles. The van der Waals surface area contributed by atoms with Crippen molar-refractivity contribution in [3.8, 4) is 0 Å². The van der Waals surface area contributed by atoms with E-state index in [-0.39, 0.29) is 12.0 Å². The number of anilines is 1. The van der Waals surface area contributed by atoms with Crippen LogP contribution in [0.25, 0.3) is 0 Å². The molecule has 1 amide bonds. The highest BCUT2D eigenvalue weighted by molar-refractivity contribution is 6.33. The van der Waals surface area contributed by atoms with Gasteiger partial charge in [-0.15, -0.1) is 0 Å². The molecule has 2 rings (SSSR count). The van der Waals surface area contributed by atoms with Crippen LogP contribution >= 0.6 is 11.6 Å². The Morgan fingerprint density at radius 1 is 1.24 bits per heavy atom. The van der Waals surface area contributed by atoms with Gasteiger partial charge in [-0.05, 0) is 24.6 Å². The lowest BCUT2D eigenvalue weighted by atomic mass is 9.85. The second-order valence-electron chi connectivity index (χ2n) is 4.71. The van der Waals surface area contributed by atoms with E-state index in [1.54, 1.807) is 49.4 Å². The molecule has 21 heavy (non-hydrogen) atoms. The van der Waals surface area contributed by atoms with Gasteiger partial charge in [-0.2, -0.15) is 0 Å². The van der Waals surface area contributed by atoms with E-state index in [0.29, 0.717) is 10.7 Å². The van der Waals surface area contributed by atoms with E-state index in [1.165, 1.54) is 6.07 Å². The minimum absolute atomic E-state index is 0.208. The van der Waals surface area contributed by atoms with E-state index in [4.69, 9.17) is 17.3 Å². The molecule has 0 aliphatic rings. The molecular formula is C16H16ClFN2O. The van der Waals surface area contributed by atoms with Gasteiger partial charge in [0.25, 0.3) is 0 Å². The van der Waals surface area contributed by atoms with E-state index < -0.39 is 17.3 Å². The molecule has 110 valence electrons. The smallest absolute Gasteiger partial charge is 0.247 e. The number of nitrogens with two attached hydrogens (primary N) is 1. The minimum Gasteiger partial charge on any atom is -0.367 e. The number of halogens is 2. The van der Waals surface area contributed by atoms with Crippen LogP contribution in [0.1, 0.15) is 18.9 Å². The summed E-state index contributed by atoms with van der Waals surface area (Å²) in [5.41, 5.74) is 4.96. The Hall–Kier alpha value is -2.07. The molecule has 0 radical (unpaired) electrons. The molecule has 0 fully saturated rings. The average molecular weight is 307 g/mol. The van der Waals surface area contributed by atoms with Gasteiger partial charge in [-0.25, -0.2) is 4.39 Å². The lowest BCUT2D eigenvalue weighted by Crippen LogP contribution is -2.48. The first kappa shape index (κ1) is 15.3. The molecule has 0 spiro atoms. The van der Waals surface area contributed by atoms with Gasteiger partial charge in [-0.3, -0.25) is 4.79 Å². The van der Waals surface area contributed by atoms with Crippen molar-refractivity contribution in [1.82, 2.24) is 0 Å². The largest absolute Gasteiger partial charge is 0.367 e. The predicted octanol–water partition coefficient (Wildman–Crippen LogP) is 3.68. The fraction of sp³-hybridized carbons (Fsp3) is 0.188. The Balaban J connectivity index is 2.56. The van der Waals surface area contributed by atoms with Crippen LogP contribution in [0.15, 0.2) is 48.5 Å².